The average Bonchev–Trinajstić information content (AvgIpc) is 2.82. The van der Waals surface area contributed by atoms with Crippen molar-refractivity contribution in [2.75, 3.05) is 7.11 Å². The number of Topliss-reactive ketones (excluding diaryl/α,β-unsaturated/α-hetero) is 2. The maximum atomic E-state index is 13.6. The van der Waals surface area contributed by atoms with Crippen LogP contribution in [0.4, 0.5) is 0 Å². The van der Waals surface area contributed by atoms with Crippen LogP contribution in [0.2, 0.25) is 0 Å². The van der Waals surface area contributed by atoms with Crippen LogP contribution in [-0.4, -0.2) is 27.1 Å². The van der Waals surface area contributed by atoms with E-state index in [1.165, 1.54) is 19.2 Å². The highest BCUT2D eigenvalue weighted by molar-refractivity contribution is 14.1. The van der Waals surface area contributed by atoms with E-state index in [0.29, 0.717) is 57.5 Å². The summed E-state index contributed by atoms with van der Waals surface area (Å²) < 4.78 is 44.3. The summed E-state index contributed by atoms with van der Waals surface area (Å²) in [6.45, 7) is 10.0. The number of allylic oxidation sites excluding steroid dienone is 4. The van der Waals surface area contributed by atoms with Gasteiger partial charge in [-0.05, 0) is 70.2 Å². The molecule has 1 heterocycles. The molecule has 7 nitrogen and oxygen atoms in total. The summed E-state index contributed by atoms with van der Waals surface area (Å²) >= 11 is 2.01. The van der Waals surface area contributed by atoms with Crippen molar-refractivity contribution in [2.24, 2.45) is 10.8 Å². The van der Waals surface area contributed by atoms with Crippen molar-refractivity contribution < 1.29 is 31.7 Å². The minimum absolute atomic E-state index is 0.0277. The first-order valence-electron chi connectivity index (χ1n) is 13.2. The number of carbonyl (C=O) groups is 2. The Morgan fingerprint density at radius 1 is 0.875 bits per heavy atom. The van der Waals surface area contributed by atoms with Gasteiger partial charge in [0.25, 0.3) is 0 Å². The molecule has 2 aliphatic carbocycles. The Balaban J connectivity index is 1.64. The van der Waals surface area contributed by atoms with Crippen molar-refractivity contribution in [1.29, 1.82) is 0 Å². The van der Waals surface area contributed by atoms with Gasteiger partial charge in [0.15, 0.2) is 23.1 Å². The zero-order chi connectivity index (χ0) is 29.2. The second-order valence-electron chi connectivity index (χ2n) is 12.5. The number of ketones is 2. The van der Waals surface area contributed by atoms with Gasteiger partial charge in [0.2, 0.25) is 0 Å². The molecule has 1 aliphatic heterocycles. The van der Waals surface area contributed by atoms with Gasteiger partial charge in [0.1, 0.15) is 16.4 Å². The van der Waals surface area contributed by atoms with Gasteiger partial charge in [0.05, 0.1) is 10.7 Å². The van der Waals surface area contributed by atoms with E-state index in [1.54, 1.807) is 24.3 Å². The SMILES string of the molecule is COc1cc(C2C3=C(CC(C)(C)CC3=O)OC3=C2C(=O)CC(C)(C)C3)cc(I)c1OS(=O)(=O)c1ccc(C)cc1. The largest absolute Gasteiger partial charge is 0.493 e. The number of hydrogen-bond acceptors (Lipinski definition) is 7. The van der Waals surface area contributed by atoms with Crippen molar-refractivity contribution in [3.05, 3.63) is 73.8 Å². The molecule has 0 spiro atoms. The third-order valence-electron chi connectivity index (χ3n) is 7.67. The van der Waals surface area contributed by atoms with Crippen LogP contribution in [0.15, 0.2) is 64.0 Å². The number of methoxy groups -OCH3 is 1. The molecule has 0 fully saturated rings. The van der Waals surface area contributed by atoms with Gasteiger partial charge in [-0.3, -0.25) is 9.59 Å². The third kappa shape index (κ3) is 5.34. The molecule has 9 heteroatoms. The quantitative estimate of drug-likeness (QED) is 0.255. The normalized spacial score (nSPS) is 20.6. The van der Waals surface area contributed by atoms with Gasteiger partial charge < -0.3 is 13.7 Å². The smallest absolute Gasteiger partial charge is 0.339 e. The van der Waals surface area contributed by atoms with E-state index in [4.69, 9.17) is 13.7 Å². The zero-order valence-corrected chi connectivity index (χ0v) is 26.5. The van der Waals surface area contributed by atoms with Gasteiger partial charge in [0, 0.05) is 42.7 Å². The number of carbonyl (C=O) groups excluding carboxylic acids is 2. The first-order chi connectivity index (χ1) is 18.6. The summed E-state index contributed by atoms with van der Waals surface area (Å²) in [6, 6.07) is 9.84. The van der Waals surface area contributed by atoms with Crippen molar-refractivity contribution in [3.63, 3.8) is 0 Å². The number of ether oxygens (including phenoxy) is 2. The summed E-state index contributed by atoms with van der Waals surface area (Å²) in [6.07, 6.45) is 1.86. The number of halogens is 1. The highest BCUT2D eigenvalue weighted by atomic mass is 127. The van der Waals surface area contributed by atoms with Crippen molar-refractivity contribution in [3.8, 4) is 11.5 Å². The lowest BCUT2D eigenvalue weighted by Gasteiger charge is -2.42. The maximum Gasteiger partial charge on any atom is 0.339 e. The molecular weight excluding hydrogens is 643 g/mol. The van der Waals surface area contributed by atoms with Gasteiger partial charge in [-0.15, -0.1) is 0 Å². The summed E-state index contributed by atoms with van der Waals surface area (Å²) in [5.41, 5.74) is 2.07. The molecule has 40 heavy (non-hydrogen) atoms. The van der Waals surface area contributed by atoms with Crippen LogP contribution in [0.25, 0.3) is 0 Å². The monoisotopic (exact) mass is 676 g/mol. The van der Waals surface area contributed by atoms with E-state index in [1.807, 2.05) is 57.2 Å². The molecule has 0 N–H and O–H groups in total. The number of hydrogen-bond donors (Lipinski definition) is 0. The topological polar surface area (TPSA) is 96.0 Å². The van der Waals surface area contributed by atoms with Gasteiger partial charge in [-0.1, -0.05) is 45.4 Å². The van der Waals surface area contributed by atoms with Crippen molar-refractivity contribution in [2.45, 2.75) is 71.1 Å². The molecule has 0 bridgehead atoms. The molecular formula is C31H33IO7S. The Kier molecular flexibility index (Phi) is 7.22. The minimum Gasteiger partial charge on any atom is -0.493 e. The van der Waals surface area contributed by atoms with Crippen LogP contribution in [0.1, 0.15) is 70.4 Å². The molecule has 0 unspecified atom stereocenters. The van der Waals surface area contributed by atoms with E-state index >= 15 is 0 Å². The fourth-order valence-corrected chi connectivity index (χ4v) is 7.70. The third-order valence-corrected chi connectivity index (χ3v) is 9.71. The van der Waals surface area contributed by atoms with Crippen LogP contribution in [-0.2, 0) is 24.4 Å². The fourth-order valence-electron chi connectivity index (χ4n) is 5.86. The molecule has 2 aromatic carbocycles. The van der Waals surface area contributed by atoms with E-state index in [2.05, 4.69) is 0 Å². The van der Waals surface area contributed by atoms with Crippen molar-refractivity contribution >= 4 is 44.3 Å². The number of benzene rings is 2. The molecule has 0 amide bonds. The van der Waals surface area contributed by atoms with Crippen LogP contribution in [0, 0.1) is 21.3 Å². The highest BCUT2D eigenvalue weighted by Crippen LogP contribution is 2.54. The molecule has 212 valence electrons. The highest BCUT2D eigenvalue weighted by Gasteiger charge is 2.48. The molecule has 0 atom stereocenters. The van der Waals surface area contributed by atoms with E-state index in [-0.39, 0.29) is 38.8 Å². The summed E-state index contributed by atoms with van der Waals surface area (Å²) in [7, 11) is -2.70. The predicted octanol–water partition coefficient (Wildman–Crippen LogP) is 6.78. The van der Waals surface area contributed by atoms with Crippen LogP contribution < -0.4 is 8.92 Å². The zero-order valence-electron chi connectivity index (χ0n) is 23.5. The van der Waals surface area contributed by atoms with E-state index in [0.717, 1.165) is 5.56 Å². The first-order valence-corrected chi connectivity index (χ1v) is 15.7. The molecule has 0 saturated heterocycles. The second kappa shape index (κ2) is 10.0. The molecule has 0 saturated carbocycles. The molecule has 0 aromatic heterocycles. The Morgan fingerprint density at radius 2 is 1.40 bits per heavy atom. The molecule has 3 aliphatic rings. The summed E-state index contributed by atoms with van der Waals surface area (Å²) in [5.74, 6) is 0.763. The van der Waals surface area contributed by atoms with Crippen LogP contribution in [0.5, 0.6) is 11.5 Å². The Labute approximate surface area is 249 Å². The number of rotatable bonds is 5. The Morgan fingerprint density at radius 3 is 1.90 bits per heavy atom. The molecule has 5 rings (SSSR count). The number of aryl methyl sites for hydroxylation is 1. The first kappa shape index (κ1) is 28.9. The fraction of sp³-hybridized carbons (Fsp3) is 0.419. The van der Waals surface area contributed by atoms with E-state index in [9.17, 15) is 18.0 Å². The average molecular weight is 677 g/mol. The lowest BCUT2D eigenvalue weighted by Crippen LogP contribution is -2.37. The van der Waals surface area contributed by atoms with E-state index < -0.39 is 16.0 Å². The Bertz CT molecular complexity index is 1540. The standard InChI is InChI=1S/C31H33IO7S/c1-17-7-9-19(10-8-17)40(35,36)39-29-20(32)11-18(12-23(29)37-6)26-27-21(33)13-30(2,3)15-24(27)38-25-16-31(4,5)14-22(34)28(25)26/h7-12,26H,13-16H2,1-6H3. The summed E-state index contributed by atoms with van der Waals surface area (Å²) in [5, 5.41) is 0. The predicted molar refractivity (Wildman–Crippen MR) is 159 cm³/mol. The van der Waals surface area contributed by atoms with Crippen molar-refractivity contribution in [1.82, 2.24) is 0 Å². The van der Waals surface area contributed by atoms with Gasteiger partial charge in [-0.2, -0.15) is 8.42 Å². The molecule has 0 radical (unpaired) electrons. The lowest BCUT2D eigenvalue weighted by atomic mass is 9.65. The minimum atomic E-state index is -4.14. The Hall–Kier alpha value is -2.66. The maximum absolute atomic E-state index is 13.6. The van der Waals surface area contributed by atoms with Crippen LogP contribution >= 0.6 is 22.6 Å². The lowest BCUT2D eigenvalue weighted by molar-refractivity contribution is -0.120. The van der Waals surface area contributed by atoms with Gasteiger partial charge in [-0.25, -0.2) is 0 Å². The van der Waals surface area contributed by atoms with Crippen LogP contribution in [0.3, 0.4) is 0 Å². The molecule has 2 aromatic rings. The second-order valence-corrected chi connectivity index (χ2v) is 15.2. The summed E-state index contributed by atoms with van der Waals surface area (Å²) in [4.78, 5) is 27.2. The van der Waals surface area contributed by atoms with Gasteiger partial charge >= 0.3 is 10.1 Å².